The van der Waals surface area contributed by atoms with Gasteiger partial charge in [-0.2, -0.15) is 0 Å². The van der Waals surface area contributed by atoms with Crippen molar-refractivity contribution in [3.05, 3.63) is 97.1 Å². The minimum Gasteiger partial charge on any atom is -0.497 e. The van der Waals surface area contributed by atoms with Crippen LogP contribution in [0, 0.1) is 0 Å². The van der Waals surface area contributed by atoms with Gasteiger partial charge in [-0.15, -0.1) is 11.3 Å². The van der Waals surface area contributed by atoms with E-state index in [1.54, 1.807) is 18.4 Å². The lowest BCUT2D eigenvalue weighted by Gasteiger charge is -2.15. The molecule has 0 atom stereocenters. The Morgan fingerprint density at radius 3 is 2.06 bits per heavy atom. The number of fused-ring (bicyclic) bond motifs is 1. The molecule has 6 aromatic carbocycles. The van der Waals surface area contributed by atoms with Crippen LogP contribution in [-0.4, -0.2) is 12.1 Å². The summed E-state index contributed by atoms with van der Waals surface area (Å²) in [6.07, 6.45) is 0. The molecular weight excluding hydrogens is 422 g/mol. The second kappa shape index (κ2) is 7.03. The fourth-order valence-corrected chi connectivity index (χ4v) is 6.04. The normalized spacial score (nSPS) is 11.8. The zero-order chi connectivity index (χ0) is 21.9. The minimum absolute atomic E-state index is 0.863. The molecule has 1 heterocycles. The molecule has 1 aromatic heterocycles. The number of ether oxygens (including phenoxy) is 1. The highest BCUT2D eigenvalue weighted by molar-refractivity contribution is 7.21. The largest absolute Gasteiger partial charge is 0.497 e. The summed E-state index contributed by atoms with van der Waals surface area (Å²) in [5, 5.41) is 8.77. The van der Waals surface area contributed by atoms with Crippen LogP contribution < -0.4 is 4.74 Å². The van der Waals surface area contributed by atoms with Crippen LogP contribution in [0.3, 0.4) is 0 Å². The van der Waals surface area contributed by atoms with Crippen molar-refractivity contribution < 1.29 is 4.74 Å². The van der Waals surface area contributed by atoms with E-state index in [1.807, 2.05) is 12.1 Å². The standard InChI is InChI=1S/C30H19NOS/c1-32-21-11-16-26-27(17-21)33-30(31-26)25-15-10-20-8-13-23-22(18-5-3-2-4-6-18)12-7-19-9-14-24(25)29(20)28(19)23/h2-17H,1H3. The van der Waals surface area contributed by atoms with Crippen molar-refractivity contribution >= 4 is 53.9 Å². The summed E-state index contributed by atoms with van der Waals surface area (Å²) in [5.74, 6) is 0.863. The van der Waals surface area contributed by atoms with E-state index in [0.717, 1.165) is 21.0 Å². The molecule has 0 spiro atoms. The Labute approximate surface area is 195 Å². The third-order valence-electron chi connectivity index (χ3n) is 6.58. The van der Waals surface area contributed by atoms with Crippen molar-refractivity contribution in [3.8, 4) is 27.4 Å². The van der Waals surface area contributed by atoms with E-state index in [2.05, 4.69) is 84.9 Å². The summed E-state index contributed by atoms with van der Waals surface area (Å²) in [6.45, 7) is 0. The van der Waals surface area contributed by atoms with E-state index in [1.165, 1.54) is 49.0 Å². The number of aromatic nitrogens is 1. The maximum absolute atomic E-state index is 5.41. The highest BCUT2D eigenvalue weighted by Gasteiger charge is 2.16. The number of methoxy groups -OCH3 is 1. The Bertz CT molecular complexity index is 1800. The second-order valence-corrected chi connectivity index (χ2v) is 9.40. The van der Waals surface area contributed by atoms with Crippen molar-refractivity contribution in [2.75, 3.05) is 7.11 Å². The molecule has 7 rings (SSSR count). The Balaban J connectivity index is 1.54. The predicted octanol–water partition coefficient (Wildman–Crippen LogP) is 8.54. The molecule has 0 saturated heterocycles. The summed E-state index contributed by atoms with van der Waals surface area (Å²) in [7, 11) is 1.70. The van der Waals surface area contributed by atoms with Crippen LogP contribution in [0.15, 0.2) is 97.1 Å². The fraction of sp³-hybridized carbons (Fsp3) is 0.0333. The number of hydrogen-bond acceptors (Lipinski definition) is 3. The highest BCUT2D eigenvalue weighted by atomic mass is 32.1. The summed E-state index contributed by atoms with van der Waals surface area (Å²) >= 11 is 1.72. The van der Waals surface area contributed by atoms with Crippen LogP contribution in [-0.2, 0) is 0 Å². The zero-order valence-electron chi connectivity index (χ0n) is 18.0. The molecule has 2 nitrogen and oxygen atoms in total. The molecule has 0 fully saturated rings. The molecule has 0 radical (unpaired) electrons. The summed E-state index contributed by atoms with van der Waals surface area (Å²) in [4.78, 5) is 4.97. The van der Waals surface area contributed by atoms with Gasteiger partial charge in [-0.25, -0.2) is 4.98 Å². The zero-order valence-corrected chi connectivity index (χ0v) is 18.8. The van der Waals surface area contributed by atoms with Gasteiger partial charge in [-0.3, -0.25) is 0 Å². The van der Waals surface area contributed by atoms with E-state index in [0.29, 0.717) is 0 Å². The van der Waals surface area contributed by atoms with Crippen LogP contribution in [0.2, 0.25) is 0 Å². The Kier molecular flexibility index (Phi) is 3.96. The molecule has 7 aromatic rings. The second-order valence-electron chi connectivity index (χ2n) is 8.37. The van der Waals surface area contributed by atoms with Gasteiger partial charge < -0.3 is 4.74 Å². The molecule has 0 bridgehead atoms. The van der Waals surface area contributed by atoms with Crippen molar-refractivity contribution in [2.45, 2.75) is 0 Å². The number of nitrogens with zero attached hydrogens (tertiary/aromatic N) is 1. The lowest BCUT2D eigenvalue weighted by atomic mass is 9.88. The third-order valence-corrected chi connectivity index (χ3v) is 7.63. The van der Waals surface area contributed by atoms with E-state index in [4.69, 9.17) is 9.72 Å². The Hall–Kier alpha value is -3.95. The van der Waals surface area contributed by atoms with Gasteiger partial charge in [0.05, 0.1) is 17.3 Å². The van der Waals surface area contributed by atoms with Gasteiger partial charge in [0.1, 0.15) is 10.8 Å². The molecule has 3 heteroatoms. The van der Waals surface area contributed by atoms with Crippen molar-refractivity contribution in [2.24, 2.45) is 0 Å². The molecule has 0 amide bonds. The summed E-state index contributed by atoms with van der Waals surface area (Å²) in [5.41, 5.74) is 4.71. The molecule has 0 unspecified atom stereocenters. The van der Waals surface area contributed by atoms with E-state index >= 15 is 0 Å². The molecule has 156 valence electrons. The summed E-state index contributed by atoms with van der Waals surface area (Å²) in [6, 6.07) is 34.7. The van der Waals surface area contributed by atoms with Gasteiger partial charge in [-0.1, -0.05) is 78.9 Å². The van der Waals surface area contributed by atoms with Crippen molar-refractivity contribution in [3.63, 3.8) is 0 Å². The molecule has 0 aliphatic carbocycles. The molecule has 33 heavy (non-hydrogen) atoms. The number of benzene rings is 6. The van der Waals surface area contributed by atoms with Gasteiger partial charge >= 0.3 is 0 Å². The van der Waals surface area contributed by atoms with Crippen LogP contribution in [0.4, 0.5) is 0 Å². The number of thiazole rings is 1. The van der Waals surface area contributed by atoms with Crippen LogP contribution in [0.5, 0.6) is 5.75 Å². The summed E-state index contributed by atoms with van der Waals surface area (Å²) < 4.78 is 6.55. The monoisotopic (exact) mass is 441 g/mol. The quantitative estimate of drug-likeness (QED) is 0.256. The van der Waals surface area contributed by atoms with Crippen LogP contribution >= 0.6 is 11.3 Å². The first kappa shape index (κ1) is 18.6. The average Bonchev–Trinajstić information content (AvgIpc) is 3.30. The SMILES string of the molecule is COc1ccc2nc(-c3ccc4ccc5c(-c6ccccc6)ccc6ccc3c4c65)sc2c1. The first-order valence-electron chi connectivity index (χ1n) is 11.0. The van der Waals surface area contributed by atoms with Gasteiger partial charge in [0.15, 0.2) is 0 Å². The lowest BCUT2D eigenvalue weighted by Crippen LogP contribution is -1.89. The topological polar surface area (TPSA) is 22.1 Å². The molecule has 0 N–H and O–H groups in total. The lowest BCUT2D eigenvalue weighted by molar-refractivity contribution is 0.415. The van der Waals surface area contributed by atoms with Crippen molar-refractivity contribution in [1.29, 1.82) is 0 Å². The van der Waals surface area contributed by atoms with E-state index in [-0.39, 0.29) is 0 Å². The first-order chi connectivity index (χ1) is 16.3. The fourth-order valence-electron chi connectivity index (χ4n) is 5.00. The van der Waals surface area contributed by atoms with Gasteiger partial charge in [0, 0.05) is 5.56 Å². The van der Waals surface area contributed by atoms with Gasteiger partial charge in [-0.05, 0) is 61.6 Å². The Morgan fingerprint density at radius 2 is 1.33 bits per heavy atom. The maximum Gasteiger partial charge on any atom is 0.125 e. The van der Waals surface area contributed by atoms with Crippen LogP contribution in [0.25, 0.3) is 64.2 Å². The van der Waals surface area contributed by atoms with Crippen molar-refractivity contribution in [1.82, 2.24) is 4.98 Å². The van der Waals surface area contributed by atoms with Crippen LogP contribution in [0.1, 0.15) is 0 Å². The van der Waals surface area contributed by atoms with Gasteiger partial charge in [0.25, 0.3) is 0 Å². The third kappa shape index (κ3) is 2.76. The molecule has 0 saturated carbocycles. The molecule has 0 aliphatic rings. The first-order valence-corrected chi connectivity index (χ1v) is 11.8. The van der Waals surface area contributed by atoms with Gasteiger partial charge in [0.2, 0.25) is 0 Å². The number of rotatable bonds is 3. The smallest absolute Gasteiger partial charge is 0.125 e. The average molecular weight is 442 g/mol. The van der Waals surface area contributed by atoms with E-state index < -0.39 is 0 Å². The minimum atomic E-state index is 0.863. The molecular formula is C30H19NOS. The Morgan fingerprint density at radius 1 is 0.667 bits per heavy atom. The highest BCUT2D eigenvalue weighted by Crippen LogP contribution is 2.43. The predicted molar refractivity (Wildman–Crippen MR) is 141 cm³/mol. The maximum atomic E-state index is 5.41. The molecule has 0 aliphatic heterocycles. The number of hydrogen-bond donors (Lipinski definition) is 0. The van der Waals surface area contributed by atoms with E-state index in [9.17, 15) is 0 Å².